The summed E-state index contributed by atoms with van der Waals surface area (Å²) in [5.74, 6) is -0.623. The van der Waals surface area contributed by atoms with E-state index in [-0.39, 0.29) is 5.91 Å². The van der Waals surface area contributed by atoms with E-state index in [0.29, 0.717) is 22.0 Å². The standard InChI is InChI=1S/C18H15NO3/c1-12-6-5-7-13(10-12)17(20)19-11-15(18(21)22-2)14-8-3-4-9-16(14)19/h3-11H,1-2H3. The average Bonchev–Trinajstić information content (AvgIpc) is 2.93. The summed E-state index contributed by atoms with van der Waals surface area (Å²) in [4.78, 5) is 24.7. The third kappa shape index (κ3) is 2.29. The van der Waals surface area contributed by atoms with Gasteiger partial charge in [0.25, 0.3) is 5.91 Å². The number of aromatic nitrogens is 1. The van der Waals surface area contributed by atoms with Crippen molar-refractivity contribution in [3.8, 4) is 0 Å². The Bertz CT molecular complexity index is 877. The van der Waals surface area contributed by atoms with Gasteiger partial charge >= 0.3 is 5.97 Å². The number of carbonyl (C=O) groups excluding carboxylic acids is 2. The molecule has 0 atom stereocenters. The lowest BCUT2D eigenvalue weighted by Crippen LogP contribution is -2.11. The van der Waals surface area contributed by atoms with E-state index >= 15 is 0 Å². The van der Waals surface area contributed by atoms with Crippen LogP contribution in [0.5, 0.6) is 0 Å². The van der Waals surface area contributed by atoms with Gasteiger partial charge in [-0.15, -0.1) is 0 Å². The minimum absolute atomic E-state index is 0.171. The topological polar surface area (TPSA) is 48.3 Å². The van der Waals surface area contributed by atoms with E-state index in [0.717, 1.165) is 5.56 Å². The molecule has 0 spiro atoms. The van der Waals surface area contributed by atoms with Gasteiger partial charge in [-0.25, -0.2) is 4.79 Å². The molecule has 1 aromatic heterocycles. The average molecular weight is 293 g/mol. The quantitative estimate of drug-likeness (QED) is 0.680. The summed E-state index contributed by atoms with van der Waals surface area (Å²) in [6.45, 7) is 1.93. The fourth-order valence-corrected chi connectivity index (χ4v) is 2.54. The summed E-state index contributed by atoms with van der Waals surface area (Å²) in [6, 6.07) is 14.7. The number of hydrogen-bond acceptors (Lipinski definition) is 3. The monoisotopic (exact) mass is 293 g/mol. The first-order valence-corrected chi connectivity index (χ1v) is 6.91. The molecule has 0 aliphatic carbocycles. The van der Waals surface area contributed by atoms with E-state index in [9.17, 15) is 9.59 Å². The lowest BCUT2D eigenvalue weighted by Gasteiger charge is -2.04. The van der Waals surface area contributed by atoms with Crippen LogP contribution in [-0.4, -0.2) is 23.6 Å². The normalized spacial score (nSPS) is 10.6. The van der Waals surface area contributed by atoms with Crippen LogP contribution in [-0.2, 0) is 4.74 Å². The Morgan fingerprint density at radius 1 is 1.05 bits per heavy atom. The predicted molar refractivity (Wildman–Crippen MR) is 84.2 cm³/mol. The number of nitrogens with zero attached hydrogens (tertiary/aromatic N) is 1. The van der Waals surface area contributed by atoms with Gasteiger partial charge in [-0.05, 0) is 25.1 Å². The highest BCUT2D eigenvalue weighted by Crippen LogP contribution is 2.23. The number of aryl methyl sites for hydroxylation is 1. The maximum atomic E-state index is 12.7. The molecule has 0 N–H and O–H groups in total. The van der Waals surface area contributed by atoms with Crippen LogP contribution in [0.2, 0.25) is 0 Å². The van der Waals surface area contributed by atoms with Crippen molar-refractivity contribution in [1.29, 1.82) is 0 Å². The van der Waals surface area contributed by atoms with Gasteiger partial charge < -0.3 is 4.74 Å². The first kappa shape index (κ1) is 14.1. The van der Waals surface area contributed by atoms with Crippen molar-refractivity contribution in [3.05, 3.63) is 71.4 Å². The van der Waals surface area contributed by atoms with Gasteiger partial charge in [0.2, 0.25) is 0 Å². The van der Waals surface area contributed by atoms with Crippen LogP contribution < -0.4 is 0 Å². The number of hydrogen-bond donors (Lipinski definition) is 0. The third-order valence-corrected chi connectivity index (χ3v) is 3.60. The minimum atomic E-state index is -0.452. The van der Waals surface area contributed by atoms with Crippen molar-refractivity contribution in [3.63, 3.8) is 0 Å². The van der Waals surface area contributed by atoms with E-state index in [1.807, 2.05) is 49.4 Å². The van der Waals surface area contributed by atoms with E-state index in [1.54, 1.807) is 12.3 Å². The second-order valence-electron chi connectivity index (χ2n) is 5.10. The molecule has 0 saturated carbocycles. The number of para-hydroxylation sites is 1. The van der Waals surface area contributed by atoms with Gasteiger partial charge in [-0.2, -0.15) is 0 Å². The van der Waals surface area contributed by atoms with Crippen molar-refractivity contribution >= 4 is 22.8 Å². The van der Waals surface area contributed by atoms with Crippen LogP contribution >= 0.6 is 0 Å². The van der Waals surface area contributed by atoms with E-state index in [1.165, 1.54) is 11.7 Å². The molecule has 3 rings (SSSR count). The van der Waals surface area contributed by atoms with Crippen molar-refractivity contribution < 1.29 is 14.3 Å². The number of carbonyl (C=O) groups is 2. The molecule has 110 valence electrons. The molecule has 0 unspecified atom stereocenters. The van der Waals surface area contributed by atoms with Gasteiger partial charge in [0.15, 0.2) is 0 Å². The van der Waals surface area contributed by atoms with Crippen LogP contribution in [0.3, 0.4) is 0 Å². The Kier molecular flexibility index (Phi) is 3.51. The molecule has 4 nitrogen and oxygen atoms in total. The molecular formula is C18H15NO3. The zero-order valence-electron chi connectivity index (χ0n) is 12.4. The largest absolute Gasteiger partial charge is 0.465 e. The fourth-order valence-electron chi connectivity index (χ4n) is 2.54. The maximum absolute atomic E-state index is 12.7. The Balaban J connectivity index is 2.19. The van der Waals surface area contributed by atoms with Gasteiger partial charge in [0.05, 0.1) is 18.2 Å². The first-order chi connectivity index (χ1) is 10.6. The molecule has 0 bridgehead atoms. The molecule has 0 radical (unpaired) electrons. The molecule has 2 aromatic carbocycles. The lowest BCUT2D eigenvalue weighted by molar-refractivity contribution is 0.0603. The predicted octanol–water partition coefficient (Wildman–Crippen LogP) is 3.42. The SMILES string of the molecule is COC(=O)c1cn(C(=O)c2cccc(C)c2)c2ccccc12. The number of ether oxygens (including phenoxy) is 1. The number of methoxy groups -OCH3 is 1. The zero-order valence-corrected chi connectivity index (χ0v) is 12.4. The summed E-state index contributed by atoms with van der Waals surface area (Å²) in [6.07, 6.45) is 1.54. The van der Waals surface area contributed by atoms with Crippen LogP contribution in [0.15, 0.2) is 54.7 Å². The first-order valence-electron chi connectivity index (χ1n) is 6.91. The Labute approximate surface area is 127 Å². The summed E-state index contributed by atoms with van der Waals surface area (Å²) < 4.78 is 6.30. The number of fused-ring (bicyclic) bond motifs is 1. The number of esters is 1. The smallest absolute Gasteiger partial charge is 0.340 e. The van der Waals surface area contributed by atoms with Crippen molar-refractivity contribution in [2.24, 2.45) is 0 Å². The second kappa shape index (κ2) is 5.48. The Morgan fingerprint density at radius 2 is 1.82 bits per heavy atom. The molecule has 0 aliphatic heterocycles. The maximum Gasteiger partial charge on any atom is 0.340 e. The van der Waals surface area contributed by atoms with Gasteiger partial charge in [-0.3, -0.25) is 9.36 Å². The summed E-state index contributed by atoms with van der Waals surface area (Å²) in [5.41, 5.74) is 2.67. The lowest BCUT2D eigenvalue weighted by atomic mass is 10.1. The molecule has 3 aromatic rings. The number of benzene rings is 2. The summed E-state index contributed by atoms with van der Waals surface area (Å²) in [5, 5.41) is 0.704. The molecule has 1 heterocycles. The highest BCUT2D eigenvalue weighted by Gasteiger charge is 2.19. The molecule has 4 heteroatoms. The second-order valence-corrected chi connectivity index (χ2v) is 5.10. The molecule has 0 saturated heterocycles. The minimum Gasteiger partial charge on any atom is -0.465 e. The number of rotatable bonds is 2. The van der Waals surface area contributed by atoms with E-state index < -0.39 is 5.97 Å². The fraction of sp³-hybridized carbons (Fsp3) is 0.111. The van der Waals surface area contributed by atoms with Crippen LogP contribution in [0.1, 0.15) is 26.3 Å². The van der Waals surface area contributed by atoms with E-state index in [2.05, 4.69) is 0 Å². The zero-order chi connectivity index (χ0) is 15.7. The molecule has 22 heavy (non-hydrogen) atoms. The molecule has 0 amide bonds. The highest BCUT2D eigenvalue weighted by molar-refractivity contribution is 6.09. The van der Waals surface area contributed by atoms with Crippen LogP contribution in [0.4, 0.5) is 0 Å². The Hall–Kier alpha value is -2.88. The van der Waals surface area contributed by atoms with Crippen molar-refractivity contribution in [1.82, 2.24) is 4.57 Å². The van der Waals surface area contributed by atoms with Crippen molar-refractivity contribution in [2.75, 3.05) is 7.11 Å². The highest BCUT2D eigenvalue weighted by atomic mass is 16.5. The molecule has 0 aliphatic rings. The molecule has 0 fully saturated rings. The summed E-state index contributed by atoms with van der Waals surface area (Å²) in [7, 11) is 1.33. The van der Waals surface area contributed by atoms with Gasteiger partial charge in [0, 0.05) is 17.1 Å². The third-order valence-electron chi connectivity index (χ3n) is 3.60. The Morgan fingerprint density at radius 3 is 2.55 bits per heavy atom. The summed E-state index contributed by atoms with van der Waals surface area (Å²) >= 11 is 0. The molecular weight excluding hydrogens is 278 g/mol. The van der Waals surface area contributed by atoms with Crippen LogP contribution in [0.25, 0.3) is 10.9 Å². The van der Waals surface area contributed by atoms with Crippen molar-refractivity contribution in [2.45, 2.75) is 6.92 Å². The van der Waals surface area contributed by atoms with Gasteiger partial charge in [-0.1, -0.05) is 35.9 Å². The van der Waals surface area contributed by atoms with Crippen LogP contribution in [0, 0.1) is 6.92 Å². The van der Waals surface area contributed by atoms with Gasteiger partial charge in [0.1, 0.15) is 0 Å². The van der Waals surface area contributed by atoms with E-state index in [4.69, 9.17) is 4.74 Å².